The third-order valence-corrected chi connectivity index (χ3v) is 10.1. The van der Waals surface area contributed by atoms with Gasteiger partial charge in [-0.3, -0.25) is 9.48 Å². The van der Waals surface area contributed by atoms with E-state index in [2.05, 4.69) is 27.5 Å². The van der Waals surface area contributed by atoms with Crippen LogP contribution in [-0.4, -0.2) is 69.9 Å². The number of aromatic nitrogens is 2. The van der Waals surface area contributed by atoms with E-state index in [9.17, 15) is 14.3 Å². The number of halogens is 1. The summed E-state index contributed by atoms with van der Waals surface area (Å²) in [5.74, 6) is 0.400. The van der Waals surface area contributed by atoms with E-state index in [0.29, 0.717) is 18.4 Å². The molecule has 2 atom stereocenters. The predicted octanol–water partition coefficient (Wildman–Crippen LogP) is 5.07. The average Bonchev–Trinajstić information content (AvgIpc) is 3.47. The highest BCUT2D eigenvalue weighted by atomic mass is 19.1. The first-order chi connectivity index (χ1) is 18.5. The van der Waals surface area contributed by atoms with E-state index in [1.54, 1.807) is 11.6 Å². The highest BCUT2D eigenvalue weighted by Crippen LogP contribution is 2.44. The number of nitrogens with zero attached hydrogens (tertiary/aromatic N) is 4. The fraction of sp³-hybridized carbons (Fsp3) is 0.677. The van der Waals surface area contributed by atoms with Crippen molar-refractivity contribution in [1.29, 1.82) is 0 Å². The number of fused-ring (bicyclic) bond motifs is 1. The van der Waals surface area contributed by atoms with E-state index in [0.717, 1.165) is 70.5 Å². The van der Waals surface area contributed by atoms with E-state index in [-0.39, 0.29) is 11.7 Å². The van der Waals surface area contributed by atoms with Gasteiger partial charge in [0.2, 0.25) is 0 Å². The summed E-state index contributed by atoms with van der Waals surface area (Å²) in [6, 6.07) is 7.09. The van der Waals surface area contributed by atoms with Gasteiger partial charge in [0.1, 0.15) is 5.82 Å². The number of piperidine rings is 1. The molecule has 7 heteroatoms. The number of hydrogen-bond donors (Lipinski definition) is 1. The highest BCUT2D eigenvalue weighted by molar-refractivity contribution is 5.76. The number of carboxylic acids is 1. The topological polar surface area (TPSA) is 61.6 Å². The van der Waals surface area contributed by atoms with Crippen LogP contribution < -0.4 is 0 Å². The van der Waals surface area contributed by atoms with Crippen molar-refractivity contribution in [2.24, 2.45) is 11.3 Å². The smallest absolute Gasteiger partial charge is 0.310 e. The molecule has 1 aromatic heterocycles. The molecule has 3 fully saturated rings. The molecule has 38 heavy (non-hydrogen) atoms. The second-order valence-electron chi connectivity index (χ2n) is 12.5. The van der Waals surface area contributed by atoms with E-state index < -0.39 is 11.4 Å². The van der Waals surface area contributed by atoms with Gasteiger partial charge in [0.15, 0.2) is 0 Å². The molecule has 0 bridgehead atoms. The second kappa shape index (κ2) is 10.7. The molecule has 0 radical (unpaired) electrons. The van der Waals surface area contributed by atoms with Gasteiger partial charge in [0.05, 0.1) is 11.1 Å². The Hall–Kier alpha value is -2.25. The summed E-state index contributed by atoms with van der Waals surface area (Å²) in [5, 5.41) is 14.9. The standard InChI is InChI=1S/C31H43FN4O2/c1-2-27-29(28-9-3-4-14-36(28)33-27)22-10-15-34(16-11-22)18-24-19-35(21-31(30(37)38)12-6-13-31)20-26(24)23-7-5-8-25(32)17-23/h5,7-8,17,22,24,26H,2-4,6,9-16,18-21H2,1H3,(H,37,38)/t24-,26+/m0/s1. The van der Waals surface area contributed by atoms with Crippen LogP contribution in [0.4, 0.5) is 4.39 Å². The minimum atomic E-state index is -0.648. The van der Waals surface area contributed by atoms with Crippen molar-refractivity contribution in [2.45, 2.75) is 83.1 Å². The molecular formula is C31H43FN4O2. The molecule has 4 heterocycles. The Morgan fingerprint density at radius 1 is 1.11 bits per heavy atom. The number of rotatable bonds is 8. The number of carboxylic acid groups (broad SMARTS) is 1. The number of likely N-dealkylation sites (tertiary alicyclic amines) is 2. The molecule has 1 saturated carbocycles. The molecule has 6 rings (SSSR count). The molecule has 0 spiro atoms. The monoisotopic (exact) mass is 522 g/mol. The molecule has 1 N–H and O–H groups in total. The van der Waals surface area contributed by atoms with E-state index in [1.165, 1.54) is 49.6 Å². The summed E-state index contributed by atoms with van der Waals surface area (Å²) in [6.07, 6.45) is 9.63. The zero-order valence-corrected chi connectivity index (χ0v) is 22.9. The zero-order chi connectivity index (χ0) is 26.3. The Morgan fingerprint density at radius 3 is 2.61 bits per heavy atom. The third kappa shape index (κ3) is 4.92. The SMILES string of the molecule is CCc1nn2c(c1C1CCN(C[C@H]3CN(CC4(C(=O)O)CCC4)C[C@@H]3c3cccc(F)c3)CC1)CCCC2. The van der Waals surface area contributed by atoms with Crippen LogP contribution in [0.3, 0.4) is 0 Å². The minimum Gasteiger partial charge on any atom is -0.481 e. The van der Waals surface area contributed by atoms with Gasteiger partial charge in [0.25, 0.3) is 0 Å². The lowest BCUT2D eigenvalue weighted by molar-refractivity contribution is -0.156. The molecule has 0 unspecified atom stereocenters. The van der Waals surface area contributed by atoms with Crippen molar-refractivity contribution in [3.63, 3.8) is 0 Å². The Kier molecular flexibility index (Phi) is 7.34. The number of hydrogen-bond acceptors (Lipinski definition) is 4. The van der Waals surface area contributed by atoms with Crippen molar-refractivity contribution in [3.8, 4) is 0 Å². The summed E-state index contributed by atoms with van der Waals surface area (Å²) in [4.78, 5) is 17.0. The Labute approximate surface area is 226 Å². The van der Waals surface area contributed by atoms with Gasteiger partial charge >= 0.3 is 5.97 Å². The molecule has 4 aliphatic rings. The van der Waals surface area contributed by atoms with Crippen molar-refractivity contribution in [3.05, 3.63) is 52.6 Å². The molecule has 3 aliphatic heterocycles. The van der Waals surface area contributed by atoms with Gasteiger partial charge in [-0.25, -0.2) is 4.39 Å². The van der Waals surface area contributed by atoms with Crippen LogP contribution in [-0.2, 0) is 24.2 Å². The summed E-state index contributed by atoms with van der Waals surface area (Å²) in [7, 11) is 0. The van der Waals surface area contributed by atoms with Crippen molar-refractivity contribution < 1.29 is 14.3 Å². The molecule has 0 amide bonds. The second-order valence-corrected chi connectivity index (χ2v) is 12.5. The Morgan fingerprint density at radius 2 is 1.92 bits per heavy atom. The number of aliphatic carboxylic acids is 1. The summed E-state index contributed by atoms with van der Waals surface area (Å²) in [6.45, 7) is 8.83. The lowest BCUT2D eigenvalue weighted by Gasteiger charge is -2.40. The molecule has 206 valence electrons. The minimum absolute atomic E-state index is 0.183. The Bertz CT molecular complexity index is 1150. The van der Waals surface area contributed by atoms with E-state index >= 15 is 0 Å². The first-order valence-electron chi connectivity index (χ1n) is 15.0. The fourth-order valence-electron chi connectivity index (χ4n) is 7.90. The van der Waals surface area contributed by atoms with E-state index in [1.807, 2.05) is 6.07 Å². The summed E-state index contributed by atoms with van der Waals surface area (Å²) >= 11 is 0. The Balaban J connectivity index is 1.14. The van der Waals surface area contributed by atoms with Crippen LogP contribution in [0.15, 0.2) is 24.3 Å². The van der Waals surface area contributed by atoms with E-state index in [4.69, 9.17) is 5.10 Å². The van der Waals surface area contributed by atoms with Gasteiger partial charge in [-0.2, -0.15) is 5.10 Å². The quantitative estimate of drug-likeness (QED) is 0.525. The van der Waals surface area contributed by atoms with Gasteiger partial charge in [0, 0.05) is 44.3 Å². The first kappa shape index (κ1) is 26.0. The maximum atomic E-state index is 14.2. The maximum absolute atomic E-state index is 14.2. The van der Waals surface area contributed by atoms with Gasteiger partial charge in [-0.1, -0.05) is 25.5 Å². The van der Waals surface area contributed by atoms with Crippen molar-refractivity contribution >= 4 is 5.97 Å². The predicted molar refractivity (Wildman–Crippen MR) is 146 cm³/mol. The molecule has 2 saturated heterocycles. The summed E-state index contributed by atoms with van der Waals surface area (Å²) < 4.78 is 16.5. The highest BCUT2D eigenvalue weighted by Gasteiger charge is 2.48. The molecular weight excluding hydrogens is 479 g/mol. The number of carbonyl (C=O) groups is 1. The van der Waals surface area contributed by atoms with Crippen LogP contribution in [0, 0.1) is 17.2 Å². The largest absolute Gasteiger partial charge is 0.481 e. The molecule has 1 aromatic carbocycles. The van der Waals surface area contributed by atoms with Crippen molar-refractivity contribution in [1.82, 2.24) is 19.6 Å². The lowest BCUT2D eigenvalue weighted by Crippen LogP contribution is -2.47. The van der Waals surface area contributed by atoms with Crippen LogP contribution in [0.25, 0.3) is 0 Å². The zero-order valence-electron chi connectivity index (χ0n) is 22.9. The third-order valence-electron chi connectivity index (χ3n) is 10.1. The van der Waals surface area contributed by atoms with Crippen LogP contribution in [0.5, 0.6) is 0 Å². The molecule has 2 aromatic rings. The maximum Gasteiger partial charge on any atom is 0.310 e. The molecule has 1 aliphatic carbocycles. The van der Waals surface area contributed by atoms with Crippen LogP contribution >= 0.6 is 0 Å². The normalized spacial score (nSPS) is 26.3. The lowest BCUT2D eigenvalue weighted by atomic mass is 9.68. The summed E-state index contributed by atoms with van der Waals surface area (Å²) in [5.41, 5.74) is 4.87. The first-order valence-corrected chi connectivity index (χ1v) is 15.0. The van der Waals surface area contributed by atoms with Crippen molar-refractivity contribution in [2.75, 3.05) is 39.3 Å². The van der Waals surface area contributed by atoms with Crippen LogP contribution in [0.1, 0.15) is 86.2 Å². The number of aryl methyl sites for hydroxylation is 2. The fourth-order valence-corrected chi connectivity index (χ4v) is 7.90. The average molecular weight is 523 g/mol. The van der Waals surface area contributed by atoms with Gasteiger partial charge < -0.3 is 14.9 Å². The van der Waals surface area contributed by atoms with Gasteiger partial charge in [-0.15, -0.1) is 0 Å². The number of benzene rings is 1. The van der Waals surface area contributed by atoms with Crippen LogP contribution in [0.2, 0.25) is 0 Å². The molecule has 6 nitrogen and oxygen atoms in total. The van der Waals surface area contributed by atoms with Gasteiger partial charge in [-0.05, 0) is 99.6 Å².